The smallest absolute Gasteiger partial charge is 0.230 e. The number of hydrogen-bond donors (Lipinski definition) is 1. The van der Waals surface area contributed by atoms with Gasteiger partial charge in [-0.1, -0.05) is 45.0 Å². The maximum absolute atomic E-state index is 12.3. The first-order chi connectivity index (χ1) is 9.28. The van der Waals surface area contributed by atoms with Crippen LogP contribution in [-0.2, 0) is 16.8 Å². The van der Waals surface area contributed by atoms with Gasteiger partial charge in [0.2, 0.25) is 5.91 Å². The monoisotopic (exact) mass is 274 g/mol. The number of rotatable bonds is 4. The Kier molecular flexibility index (Phi) is 3.92. The van der Waals surface area contributed by atoms with Gasteiger partial charge in [-0.15, -0.1) is 0 Å². The van der Waals surface area contributed by atoms with E-state index in [1.165, 1.54) is 11.1 Å². The van der Waals surface area contributed by atoms with Gasteiger partial charge in [0, 0.05) is 20.1 Å². The lowest BCUT2D eigenvalue weighted by atomic mass is 9.87. The molecule has 2 N–H and O–H groups in total. The van der Waals surface area contributed by atoms with E-state index >= 15 is 0 Å². The van der Waals surface area contributed by atoms with Crippen LogP contribution >= 0.6 is 0 Å². The quantitative estimate of drug-likeness (QED) is 0.917. The first kappa shape index (κ1) is 15.0. The van der Waals surface area contributed by atoms with Crippen molar-refractivity contribution in [3.05, 3.63) is 35.4 Å². The fraction of sp³-hybridized carbons (Fsp3) is 0.588. The third kappa shape index (κ3) is 3.04. The van der Waals surface area contributed by atoms with Crippen molar-refractivity contribution in [2.45, 2.75) is 45.6 Å². The highest BCUT2D eigenvalue weighted by atomic mass is 16.2. The van der Waals surface area contributed by atoms with Crippen molar-refractivity contribution in [1.29, 1.82) is 0 Å². The average Bonchev–Trinajstić information content (AvgIpc) is 3.18. The normalized spacial score (nSPS) is 16.9. The number of nitrogens with two attached hydrogens (primary N) is 1. The van der Waals surface area contributed by atoms with Crippen LogP contribution in [-0.4, -0.2) is 24.4 Å². The predicted octanol–water partition coefficient (Wildman–Crippen LogP) is 2.68. The van der Waals surface area contributed by atoms with E-state index in [0.29, 0.717) is 13.1 Å². The van der Waals surface area contributed by atoms with Crippen molar-refractivity contribution in [2.75, 3.05) is 13.6 Å². The molecule has 0 unspecified atom stereocenters. The second-order valence-electron chi connectivity index (χ2n) is 7.09. The Morgan fingerprint density at radius 3 is 2.20 bits per heavy atom. The molecule has 0 aromatic heterocycles. The Hall–Kier alpha value is -1.35. The van der Waals surface area contributed by atoms with E-state index in [-0.39, 0.29) is 16.7 Å². The maximum atomic E-state index is 12.3. The predicted molar refractivity (Wildman–Crippen MR) is 82.3 cm³/mol. The van der Waals surface area contributed by atoms with Crippen molar-refractivity contribution >= 4 is 5.91 Å². The van der Waals surface area contributed by atoms with Crippen LogP contribution in [0.3, 0.4) is 0 Å². The number of carbonyl (C=O) groups is 1. The van der Waals surface area contributed by atoms with Crippen molar-refractivity contribution in [2.24, 2.45) is 11.1 Å². The number of benzene rings is 1. The number of carbonyl (C=O) groups excluding carboxylic acids is 1. The molecule has 1 aliphatic carbocycles. The van der Waals surface area contributed by atoms with Gasteiger partial charge < -0.3 is 10.6 Å². The van der Waals surface area contributed by atoms with E-state index in [1.807, 2.05) is 11.9 Å². The molecule has 1 aromatic carbocycles. The Labute approximate surface area is 122 Å². The summed E-state index contributed by atoms with van der Waals surface area (Å²) in [6, 6.07) is 8.55. The summed E-state index contributed by atoms with van der Waals surface area (Å²) in [6.07, 6.45) is 1.88. The van der Waals surface area contributed by atoms with E-state index in [9.17, 15) is 4.79 Å². The second kappa shape index (κ2) is 5.21. The molecule has 1 amide bonds. The van der Waals surface area contributed by atoms with Gasteiger partial charge >= 0.3 is 0 Å². The third-order valence-corrected chi connectivity index (χ3v) is 4.28. The first-order valence-corrected chi connectivity index (χ1v) is 7.34. The fourth-order valence-corrected chi connectivity index (χ4v) is 2.52. The first-order valence-electron chi connectivity index (χ1n) is 7.34. The standard InChI is InChI=1S/C17H26N2O/c1-16(2,3)14-7-5-13(6-8-14)11-19(4)15(20)17(12-18)9-10-17/h5-8H,9-12,18H2,1-4H3. The minimum atomic E-state index is -0.250. The molecule has 3 nitrogen and oxygen atoms in total. The lowest BCUT2D eigenvalue weighted by Gasteiger charge is -2.23. The van der Waals surface area contributed by atoms with Gasteiger partial charge in [0.15, 0.2) is 0 Å². The van der Waals surface area contributed by atoms with E-state index in [4.69, 9.17) is 5.73 Å². The van der Waals surface area contributed by atoms with Crippen molar-refractivity contribution in [1.82, 2.24) is 4.90 Å². The molecular formula is C17H26N2O. The summed E-state index contributed by atoms with van der Waals surface area (Å²) in [5, 5.41) is 0. The molecule has 0 bridgehead atoms. The lowest BCUT2D eigenvalue weighted by Crippen LogP contribution is -2.37. The molecule has 1 aromatic rings. The zero-order valence-corrected chi connectivity index (χ0v) is 13.1. The molecule has 0 heterocycles. The van der Waals surface area contributed by atoms with Gasteiger partial charge in [-0.2, -0.15) is 0 Å². The minimum Gasteiger partial charge on any atom is -0.341 e. The highest BCUT2D eigenvalue weighted by molar-refractivity contribution is 5.85. The Balaban J connectivity index is 2.01. The second-order valence-corrected chi connectivity index (χ2v) is 7.09. The van der Waals surface area contributed by atoms with Crippen LogP contribution in [0.5, 0.6) is 0 Å². The zero-order valence-electron chi connectivity index (χ0n) is 13.1. The molecule has 2 rings (SSSR count). The van der Waals surface area contributed by atoms with Crippen LogP contribution in [0.4, 0.5) is 0 Å². The molecule has 0 atom stereocenters. The molecule has 0 aliphatic heterocycles. The van der Waals surface area contributed by atoms with Gasteiger partial charge in [-0.25, -0.2) is 0 Å². The highest BCUT2D eigenvalue weighted by Gasteiger charge is 2.49. The minimum absolute atomic E-state index is 0.165. The third-order valence-electron chi connectivity index (χ3n) is 4.28. The van der Waals surface area contributed by atoms with Gasteiger partial charge in [-0.05, 0) is 29.4 Å². The summed E-state index contributed by atoms with van der Waals surface area (Å²) in [5.74, 6) is 0.194. The molecule has 110 valence electrons. The van der Waals surface area contributed by atoms with Crippen LogP contribution in [0.15, 0.2) is 24.3 Å². The van der Waals surface area contributed by atoms with E-state index in [0.717, 1.165) is 12.8 Å². The van der Waals surface area contributed by atoms with Gasteiger partial charge in [0.05, 0.1) is 5.41 Å². The van der Waals surface area contributed by atoms with Gasteiger partial charge in [-0.3, -0.25) is 4.79 Å². The summed E-state index contributed by atoms with van der Waals surface area (Å²) < 4.78 is 0. The molecular weight excluding hydrogens is 248 g/mol. The Morgan fingerprint density at radius 2 is 1.80 bits per heavy atom. The van der Waals surface area contributed by atoms with Crippen LogP contribution in [0.25, 0.3) is 0 Å². The molecule has 1 saturated carbocycles. The molecule has 0 spiro atoms. The summed E-state index contributed by atoms with van der Waals surface area (Å²) in [4.78, 5) is 14.1. The van der Waals surface area contributed by atoms with Crippen LogP contribution in [0.2, 0.25) is 0 Å². The molecule has 0 saturated heterocycles. The Bertz CT molecular complexity index is 481. The molecule has 0 radical (unpaired) electrons. The summed E-state index contributed by atoms with van der Waals surface area (Å²) in [7, 11) is 1.87. The Morgan fingerprint density at radius 1 is 1.25 bits per heavy atom. The van der Waals surface area contributed by atoms with Gasteiger partial charge in [0.1, 0.15) is 0 Å². The fourth-order valence-electron chi connectivity index (χ4n) is 2.52. The van der Waals surface area contributed by atoms with Crippen LogP contribution < -0.4 is 5.73 Å². The van der Waals surface area contributed by atoms with E-state index in [1.54, 1.807) is 0 Å². The van der Waals surface area contributed by atoms with Crippen molar-refractivity contribution < 1.29 is 4.79 Å². The van der Waals surface area contributed by atoms with Crippen LogP contribution in [0.1, 0.15) is 44.7 Å². The average molecular weight is 274 g/mol. The van der Waals surface area contributed by atoms with E-state index < -0.39 is 0 Å². The summed E-state index contributed by atoms with van der Waals surface area (Å²) >= 11 is 0. The summed E-state index contributed by atoms with van der Waals surface area (Å²) in [5.41, 5.74) is 8.12. The zero-order chi connectivity index (χ0) is 15.0. The molecule has 1 fully saturated rings. The topological polar surface area (TPSA) is 46.3 Å². The number of nitrogens with zero attached hydrogens (tertiary/aromatic N) is 1. The number of hydrogen-bond acceptors (Lipinski definition) is 2. The van der Waals surface area contributed by atoms with Crippen LogP contribution in [0, 0.1) is 5.41 Å². The van der Waals surface area contributed by atoms with Gasteiger partial charge in [0.25, 0.3) is 0 Å². The van der Waals surface area contributed by atoms with Crippen molar-refractivity contribution in [3.63, 3.8) is 0 Å². The molecule has 20 heavy (non-hydrogen) atoms. The SMILES string of the molecule is CN(Cc1ccc(C(C)(C)C)cc1)C(=O)C1(CN)CC1. The number of amides is 1. The largest absolute Gasteiger partial charge is 0.341 e. The summed E-state index contributed by atoms with van der Waals surface area (Å²) in [6.45, 7) is 7.74. The lowest BCUT2D eigenvalue weighted by molar-refractivity contribution is -0.135. The molecule has 3 heteroatoms. The van der Waals surface area contributed by atoms with Crippen molar-refractivity contribution in [3.8, 4) is 0 Å². The highest BCUT2D eigenvalue weighted by Crippen LogP contribution is 2.46. The molecule has 1 aliphatic rings. The maximum Gasteiger partial charge on any atom is 0.230 e. The van der Waals surface area contributed by atoms with E-state index in [2.05, 4.69) is 45.0 Å².